The SMILES string of the molecule is CCN(CC)Cc1ccccc1CNC(=O)NCCNc1ccc2ccccc2n1. The largest absolute Gasteiger partial charge is 0.368 e. The van der Waals surface area contributed by atoms with Crippen molar-refractivity contribution in [1.82, 2.24) is 20.5 Å². The highest BCUT2D eigenvalue weighted by Gasteiger charge is 2.07. The molecule has 0 radical (unpaired) electrons. The molecule has 0 unspecified atom stereocenters. The van der Waals surface area contributed by atoms with Crippen molar-refractivity contribution < 1.29 is 4.79 Å². The van der Waals surface area contributed by atoms with Crippen LogP contribution in [0.5, 0.6) is 0 Å². The van der Waals surface area contributed by atoms with Crippen molar-refractivity contribution in [3.05, 3.63) is 71.8 Å². The van der Waals surface area contributed by atoms with Crippen molar-refractivity contribution >= 4 is 22.8 Å². The summed E-state index contributed by atoms with van der Waals surface area (Å²) < 4.78 is 0. The summed E-state index contributed by atoms with van der Waals surface area (Å²) in [4.78, 5) is 19.1. The van der Waals surface area contributed by atoms with Gasteiger partial charge in [0.15, 0.2) is 0 Å². The number of para-hydroxylation sites is 1. The summed E-state index contributed by atoms with van der Waals surface area (Å²) in [6, 6.07) is 20.1. The van der Waals surface area contributed by atoms with Crippen LogP contribution < -0.4 is 16.0 Å². The first-order valence-corrected chi connectivity index (χ1v) is 10.6. The van der Waals surface area contributed by atoms with E-state index in [4.69, 9.17) is 0 Å². The lowest BCUT2D eigenvalue weighted by atomic mass is 10.1. The van der Waals surface area contributed by atoms with E-state index in [1.54, 1.807) is 0 Å². The smallest absolute Gasteiger partial charge is 0.315 e. The zero-order valence-corrected chi connectivity index (χ0v) is 17.8. The molecule has 0 aliphatic carbocycles. The molecule has 0 aliphatic rings. The monoisotopic (exact) mass is 405 g/mol. The Morgan fingerprint density at radius 2 is 1.60 bits per heavy atom. The first-order chi connectivity index (χ1) is 14.7. The topological polar surface area (TPSA) is 69.3 Å². The Bertz CT molecular complexity index is 955. The van der Waals surface area contributed by atoms with Crippen LogP contribution in [0.15, 0.2) is 60.7 Å². The molecule has 3 rings (SSSR count). The predicted molar refractivity (Wildman–Crippen MR) is 124 cm³/mol. The number of carbonyl (C=O) groups is 1. The number of urea groups is 1. The van der Waals surface area contributed by atoms with Crippen LogP contribution in [0, 0.1) is 0 Å². The number of benzene rings is 2. The number of anilines is 1. The first-order valence-electron chi connectivity index (χ1n) is 10.6. The van der Waals surface area contributed by atoms with Gasteiger partial charge in [0.2, 0.25) is 0 Å². The van der Waals surface area contributed by atoms with Crippen molar-refractivity contribution in [3.63, 3.8) is 0 Å². The molecule has 1 aromatic heterocycles. The Morgan fingerprint density at radius 1 is 0.867 bits per heavy atom. The van der Waals surface area contributed by atoms with Crippen LogP contribution in [0.4, 0.5) is 10.6 Å². The molecular formula is C24H31N5O. The fourth-order valence-electron chi connectivity index (χ4n) is 3.34. The fourth-order valence-corrected chi connectivity index (χ4v) is 3.34. The van der Waals surface area contributed by atoms with Gasteiger partial charge >= 0.3 is 6.03 Å². The average Bonchev–Trinajstić information content (AvgIpc) is 2.79. The lowest BCUT2D eigenvalue weighted by Crippen LogP contribution is -2.37. The molecule has 6 heteroatoms. The van der Waals surface area contributed by atoms with Crippen LogP contribution in [0.1, 0.15) is 25.0 Å². The fraction of sp³-hybridized carbons (Fsp3) is 0.333. The number of nitrogens with zero attached hydrogens (tertiary/aromatic N) is 2. The van der Waals surface area contributed by atoms with Gasteiger partial charge in [0, 0.05) is 31.6 Å². The van der Waals surface area contributed by atoms with Gasteiger partial charge < -0.3 is 16.0 Å². The summed E-state index contributed by atoms with van der Waals surface area (Å²) in [5.41, 5.74) is 3.36. The third-order valence-corrected chi connectivity index (χ3v) is 5.16. The van der Waals surface area contributed by atoms with Crippen molar-refractivity contribution in [2.24, 2.45) is 0 Å². The van der Waals surface area contributed by atoms with E-state index in [9.17, 15) is 4.79 Å². The van der Waals surface area contributed by atoms with E-state index in [0.29, 0.717) is 19.6 Å². The van der Waals surface area contributed by atoms with E-state index in [1.165, 1.54) is 5.56 Å². The maximum atomic E-state index is 12.2. The van der Waals surface area contributed by atoms with Crippen LogP contribution in [0.2, 0.25) is 0 Å². The molecular weight excluding hydrogens is 374 g/mol. The molecule has 0 saturated heterocycles. The molecule has 0 fully saturated rings. The Kier molecular flexibility index (Phi) is 8.03. The van der Waals surface area contributed by atoms with Crippen LogP contribution in [0.25, 0.3) is 10.9 Å². The molecule has 0 atom stereocenters. The molecule has 2 amide bonds. The summed E-state index contributed by atoms with van der Waals surface area (Å²) in [5.74, 6) is 0.807. The van der Waals surface area contributed by atoms with E-state index < -0.39 is 0 Å². The summed E-state index contributed by atoms with van der Waals surface area (Å²) in [5, 5.41) is 10.2. The lowest BCUT2D eigenvalue weighted by molar-refractivity contribution is 0.240. The Balaban J connectivity index is 1.42. The van der Waals surface area contributed by atoms with Crippen LogP contribution in [-0.4, -0.2) is 42.1 Å². The van der Waals surface area contributed by atoms with Gasteiger partial charge in [0.25, 0.3) is 0 Å². The van der Waals surface area contributed by atoms with Gasteiger partial charge in [-0.05, 0) is 42.4 Å². The summed E-state index contributed by atoms with van der Waals surface area (Å²) in [6.45, 7) is 8.89. The molecule has 30 heavy (non-hydrogen) atoms. The molecule has 3 aromatic rings. The molecule has 6 nitrogen and oxygen atoms in total. The summed E-state index contributed by atoms with van der Waals surface area (Å²) >= 11 is 0. The van der Waals surface area contributed by atoms with Gasteiger partial charge in [-0.15, -0.1) is 0 Å². The Labute approximate surface area is 178 Å². The van der Waals surface area contributed by atoms with Crippen LogP contribution >= 0.6 is 0 Å². The third-order valence-electron chi connectivity index (χ3n) is 5.16. The molecule has 0 aliphatic heterocycles. The van der Waals surface area contributed by atoms with E-state index in [0.717, 1.165) is 41.9 Å². The minimum atomic E-state index is -0.166. The van der Waals surface area contributed by atoms with E-state index >= 15 is 0 Å². The molecule has 1 heterocycles. The number of pyridine rings is 1. The van der Waals surface area contributed by atoms with Gasteiger partial charge in [0.1, 0.15) is 5.82 Å². The standard InChI is InChI=1S/C24H31N5O/c1-3-29(4-2)18-21-11-6-5-10-20(21)17-27-24(30)26-16-15-25-23-14-13-19-9-7-8-12-22(19)28-23/h5-14H,3-4,15-18H2,1-2H3,(H,25,28)(H2,26,27,30). The number of aromatic nitrogens is 1. The third kappa shape index (κ3) is 6.19. The minimum absolute atomic E-state index is 0.166. The number of fused-ring (bicyclic) bond motifs is 1. The highest BCUT2D eigenvalue weighted by Crippen LogP contribution is 2.14. The molecule has 0 spiro atoms. The van der Waals surface area contributed by atoms with E-state index in [2.05, 4.69) is 57.9 Å². The van der Waals surface area contributed by atoms with E-state index in [1.807, 2.05) is 42.5 Å². The highest BCUT2D eigenvalue weighted by molar-refractivity contribution is 5.80. The second kappa shape index (κ2) is 11.2. The van der Waals surface area contributed by atoms with Crippen molar-refractivity contribution in [2.45, 2.75) is 26.9 Å². The van der Waals surface area contributed by atoms with Gasteiger partial charge in [-0.1, -0.05) is 56.3 Å². The number of carbonyl (C=O) groups excluding carboxylic acids is 1. The maximum absolute atomic E-state index is 12.2. The van der Waals surface area contributed by atoms with Crippen LogP contribution in [-0.2, 0) is 13.1 Å². The van der Waals surface area contributed by atoms with Crippen molar-refractivity contribution in [3.8, 4) is 0 Å². The summed E-state index contributed by atoms with van der Waals surface area (Å²) in [7, 11) is 0. The van der Waals surface area contributed by atoms with E-state index in [-0.39, 0.29) is 6.03 Å². The van der Waals surface area contributed by atoms with Gasteiger partial charge in [-0.2, -0.15) is 0 Å². The molecule has 0 bridgehead atoms. The maximum Gasteiger partial charge on any atom is 0.315 e. The quantitative estimate of drug-likeness (QED) is 0.446. The molecule has 158 valence electrons. The van der Waals surface area contributed by atoms with Gasteiger partial charge in [0.05, 0.1) is 5.52 Å². The zero-order chi connectivity index (χ0) is 21.2. The number of nitrogens with one attached hydrogen (secondary N) is 3. The van der Waals surface area contributed by atoms with Crippen LogP contribution in [0.3, 0.4) is 0 Å². The number of hydrogen-bond donors (Lipinski definition) is 3. The van der Waals surface area contributed by atoms with Crippen molar-refractivity contribution in [2.75, 3.05) is 31.5 Å². The average molecular weight is 406 g/mol. The lowest BCUT2D eigenvalue weighted by Gasteiger charge is -2.20. The second-order valence-corrected chi connectivity index (χ2v) is 7.16. The Morgan fingerprint density at radius 3 is 2.40 bits per heavy atom. The normalized spacial score (nSPS) is 10.9. The molecule has 0 saturated carbocycles. The first kappa shape index (κ1) is 21.6. The Hall–Kier alpha value is -3.12. The van der Waals surface area contributed by atoms with Crippen molar-refractivity contribution in [1.29, 1.82) is 0 Å². The molecule has 2 aromatic carbocycles. The highest BCUT2D eigenvalue weighted by atomic mass is 16.2. The second-order valence-electron chi connectivity index (χ2n) is 7.16. The number of rotatable bonds is 10. The number of hydrogen-bond acceptors (Lipinski definition) is 4. The zero-order valence-electron chi connectivity index (χ0n) is 17.8. The van der Waals surface area contributed by atoms with Gasteiger partial charge in [-0.3, -0.25) is 4.90 Å². The molecule has 3 N–H and O–H groups in total. The summed E-state index contributed by atoms with van der Waals surface area (Å²) in [6.07, 6.45) is 0. The number of amides is 2. The predicted octanol–water partition coefficient (Wildman–Crippen LogP) is 3.99. The minimum Gasteiger partial charge on any atom is -0.368 e. The van der Waals surface area contributed by atoms with Gasteiger partial charge in [-0.25, -0.2) is 9.78 Å².